The van der Waals surface area contributed by atoms with Crippen molar-refractivity contribution in [2.24, 2.45) is 0 Å². The van der Waals surface area contributed by atoms with Crippen LogP contribution in [-0.4, -0.2) is 58.7 Å². The van der Waals surface area contributed by atoms with Gasteiger partial charge in [-0.2, -0.15) is 0 Å². The van der Waals surface area contributed by atoms with E-state index in [1.165, 1.54) is 16.0 Å². The molecule has 38 heavy (non-hydrogen) atoms. The standard InChI is InChI=1S/C30H35N5O3/c1-4-33(21-23-14-12-22(3)13-15-23)19-20-34(5-2)27(36)16-17-28(37)35-26-11-7-6-9-24(26)30(38)32-25-10-8-18-31-29(25)35/h6-15,18H,4-5,16-17,19-21H2,1-3H3,(H,32,38). The average Bonchev–Trinajstić information content (AvgIpc) is 3.06. The van der Waals surface area contributed by atoms with Gasteiger partial charge in [0.2, 0.25) is 11.8 Å². The number of hydrogen-bond acceptors (Lipinski definition) is 5. The van der Waals surface area contributed by atoms with Gasteiger partial charge in [0, 0.05) is 45.2 Å². The second kappa shape index (κ2) is 12.5. The maximum Gasteiger partial charge on any atom is 0.257 e. The summed E-state index contributed by atoms with van der Waals surface area (Å²) in [6.07, 6.45) is 1.67. The van der Waals surface area contributed by atoms with Gasteiger partial charge < -0.3 is 10.2 Å². The number of benzene rings is 2. The topological polar surface area (TPSA) is 85.9 Å². The number of anilines is 3. The Bertz CT molecular complexity index is 1290. The second-order valence-electron chi connectivity index (χ2n) is 9.40. The molecule has 8 nitrogen and oxygen atoms in total. The summed E-state index contributed by atoms with van der Waals surface area (Å²) in [5, 5.41) is 2.83. The number of aryl methyl sites for hydroxylation is 1. The van der Waals surface area contributed by atoms with Crippen LogP contribution in [0.2, 0.25) is 0 Å². The molecule has 198 valence electrons. The van der Waals surface area contributed by atoms with Crippen LogP contribution in [0.1, 0.15) is 48.2 Å². The summed E-state index contributed by atoms with van der Waals surface area (Å²) in [6, 6.07) is 18.9. The lowest BCUT2D eigenvalue weighted by Gasteiger charge is -2.27. The molecule has 0 saturated heterocycles. The lowest BCUT2D eigenvalue weighted by molar-refractivity contribution is -0.133. The van der Waals surface area contributed by atoms with Gasteiger partial charge in [-0.1, -0.05) is 48.9 Å². The molecule has 0 aliphatic carbocycles. The maximum atomic E-state index is 13.5. The number of hydrogen-bond donors (Lipinski definition) is 1. The van der Waals surface area contributed by atoms with Crippen LogP contribution in [-0.2, 0) is 16.1 Å². The number of rotatable bonds is 10. The van der Waals surface area contributed by atoms with E-state index in [-0.39, 0.29) is 30.6 Å². The molecule has 0 atom stereocenters. The summed E-state index contributed by atoms with van der Waals surface area (Å²) >= 11 is 0. The normalized spacial score (nSPS) is 12.4. The molecule has 1 aliphatic heterocycles. The van der Waals surface area contributed by atoms with Crippen molar-refractivity contribution in [2.45, 2.75) is 40.2 Å². The molecular formula is C30H35N5O3. The Morgan fingerprint density at radius 3 is 2.42 bits per heavy atom. The van der Waals surface area contributed by atoms with Crippen LogP contribution in [0.3, 0.4) is 0 Å². The van der Waals surface area contributed by atoms with Crippen LogP contribution in [0.4, 0.5) is 17.2 Å². The summed E-state index contributed by atoms with van der Waals surface area (Å²) in [4.78, 5) is 49.3. The predicted octanol–water partition coefficient (Wildman–Crippen LogP) is 4.77. The molecule has 2 heterocycles. The minimum Gasteiger partial charge on any atom is -0.342 e. The Hall–Kier alpha value is -4.04. The van der Waals surface area contributed by atoms with Crippen LogP contribution in [0, 0.1) is 6.92 Å². The molecule has 2 aromatic carbocycles. The van der Waals surface area contributed by atoms with Gasteiger partial charge in [0.15, 0.2) is 5.82 Å². The number of aromatic nitrogens is 1. The number of nitrogens with zero attached hydrogens (tertiary/aromatic N) is 4. The molecular weight excluding hydrogens is 478 g/mol. The Labute approximate surface area is 224 Å². The third-order valence-electron chi connectivity index (χ3n) is 6.83. The van der Waals surface area contributed by atoms with E-state index in [4.69, 9.17) is 0 Å². The summed E-state index contributed by atoms with van der Waals surface area (Å²) in [5.74, 6) is -0.298. The fourth-order valence-electron chi connectivity index (χ4n) is 4.60. The first-order chi connectivity index (χ1) is 18.4. The lowest BCUT2D eigenvalue weighted by atomic mass is 10.1. The second-order valence-corrected chi connectivity index (χ2v) is 9.40. The number of fused-ring (bicyclic) bond motifs is 2. The van der Waals surface area contributed by atoms with E-state index in [1.54, 1.807) is 47.5 Å². The molecule has 3 aromatic rings. The van der Waals surface area contributed by atoms with Crippen molar-refractivity contribution in [2.75, 3.05) is 36.4 Å². The van der Waals surface area contributed by atoms with Crippen LogP contribution in [0.15, 0.2) is 66.9 Å². The van der Waals surface area contributed by atoms with Crippen molar-refractivity contribution in [3.63, 3.8) is 0 Å². The fraction of sp³-hybridized carbons (Fsp3) is 0.333. The Kier molecular flexibility index (Phi) is 8.86. The first-order valence-corrected chi connectivity index (χ1v) is 13.1. The van der Waals surface area contributed by atoms with Crippen LogP contribution < -0.4 is 10.2 Å². The molecule has 3 amide bonds. The molecule has 0 unspecified atom stereocenters. The molecule has 1 aromatic heterocycles. The van der Waals surface area contributed by atoms with Gasteiger partial charge in [-0.15, -0.1) is 0 Å². The Morgan fingerprint density at radius 1 is 0.921 bits per heavy atom. The van der Waals surface area contributed by atoms with E-state index in [1.807, 2.05) is 6.92 Å². The van der Waals surface area contributed by atoms with Crippen molar-refractivity contribution >= 4 is 34.9 Å². The highest BCUT2D eigenvalue weighted by molar-refractivity contribution is 6.17. The number of likely N-dealkylation sites (N-methyl/N-ethyl adjacent to an activating group) is 2. The first kappa shape index (κ1) is 27.0. The lowest BCUT2D eigenvalue weighted by Crippen LogP contribution is -2.39. The van der Waals surface area contributed by atoms with Crippen LogP contribution in [0.25, 0.3) is 0 Å². The van der Waals surface area contributed by atoms with E-state index in [9.17, 15) is 14.4 Å². The van der Waals surface area contributed by atoms with E-state index < -0.39 is 0 Å². The van der Waals surface area contributed by atoms with Crippen molar-refractivity contribution in [3.8, 4) is 0 Å². The van der Waals surface area contributed by atoms with E-state index in [0.29, 0.717) is 35.8 Å². The number of carbonyl (C=O) groups is 3. The minimum absolute atomic E-state index is 0.00866. The number of pyridine rings is 1. The van der Waals surface area contributed by atoms with E-state index in [2.05, 4.69) is 53.3 Å². The summed E-state index contributed by atoms with van der Waals surface area (Å²) in [5.41, 5.74) is 3.78. The molecule has 1 N–H and O–H groups in total. The van der Waals surface area contributed by atoms with Crippen molar-refractivity contribution in [1.29, 1.82) is 0 Å². The van der Waals surface area contributed by atoms with E-state index >= 15 is 0 Å². The smallest absolute Gasteiger partial charge is 0.257 e. The van der Waals surface area contributed by atoms with E-state index in [0.717, 1.165) is 19.6 Å². The highest BCUT2D eigenvalue weighted by Crippen LogP contribution is 2.36. The summed E-state index contributed by atoms with van der Waals surface area (Å²) in [6.45, 7) is 9.79. The van der Waals surface area contributed by atoms with Gasteiger partial charge in [0.1, 0.15) is 0 Å². The Morgan fingerprint density at radius 2 is 1.68 bits per heavy atom. The van der Waals surface area contributed by atoms with Crippen LogP contribution >= 0.6 is 0 Å². The number of carbonyl (C=O) groups excluding carboxylic acids is 3. The third-order valence-corrected chi connectivity index (χ3v) is 6.83. The number of amides is 3. The quantitative estimate of drug-likeness (QED) is 0.422. The molecule has 0 spiro atoms. The molecule has 0 bridgehead atoms. The van der Waals surface area contributed by atoms with Gasteiger partial charge in [-0.05, 0) is 50.2 Å². The van der Waals surface area contributed by atoms with Crippen LogP contribution in [0.5, 0.6) is 0 Å². The number of para-hydroxylation sites is 1. The van der Waals surface area contributed by atoms with Crippen molar-refractivity contribution in [3.05, 3.63) is 83.6 Å². The molecule has 0 radical (unpaired) electrons. The first-order valence-electron chi connectivity index (χ1n) is 13.1. The fourth-order valence-corrected chi connectivity index (χ4v) is 4.60. The largest absolute Gasteiger partial charge is 0.342 e. The van der Waals surface area contributed by atoms with Gasteiger partial charge in [0.05, 0.1) is 16.9 Å². The molecule has 4 rings (SSSR count). The maximum absolute atomic E-state index is 13.5. The predicted molar refractivity (Wildman–Crippen MR) is 149 cm³/mol. The molecule has 0 saturated carbocycles. The third kappa shape index (κ3) is 6.26. The molecule has 0 fully saturated rings. The zero-order valence-corrected chi connectivity index (χ0v) is 22.3. The number of nitrogens with one attached hydrogen (secondary N) is 1. The van der Waals surface area contributed by atoms with Gasteiger partial charge >= 0.3 is 0 Å². The van der Waals surface area contributed by atoms with Crippen molar-refractivity contribution in [1.82, 2.24) is 14.8 Å². The summed E-state index contributed by atoms with van der Waals surface area (Å²) < 4.78 is 0. The zero-order chi connectivity index (χ0) is 27.1. The minimum atomic E-state index is -0.301. The van der Waals surface area contributed by atoms with Gasteiger partial charge in [-0.3, -0.25) is 24.2 Å². The highest BCUT2D eigenvalue weighted by Gasteiger charge is 2.30. The zero-order valence-electron chi connectivity index (χ0n) is 22.3. The van der Waals surface area contributed by atoms with Gasteiger partial charge in [-0.25, -0.2) is 4.98 Å². The average molecular weight is 514 g/mol. The summed E-state index contributed by atoms with van der Waals surface area (Å²) in [7, 11) is 0. The Balaban J connectivity index is 1.41. The molecule has 8 heteroatoms. The highest BCUT2D eigenvalue weighted by atomic mass is 16.2. The SMILES string of the molecule is CCN(CCN(CC)C(=O)CCC(=O)N1c2ccccc2C(=O)Nc2cccnc21)Cc1ccc(C)cc1. The van der Waals surface area contributed by atoms with Gasteiger partial charge in [0.25, 0.3) is 5.91 Å². The monoisotopic (exact) mass is 513 g/mol. The molecule has 1 aliphatic rings. The van der Waals surface area contributed by atoms with Crippen molar-refractivity contribution < 1.29 is 14.4 Å².